The van der Waals surface area contributed by atoms with Crippen molar-refractivity contribution in [2.75, 3.05) is 37.0 Å². The SMILES string of the molecule is COc1ccccc1N1CCN(CC(=O)Nc2ccnn2C2CCCC2)C(C)C1=O. The van der Waals surface area contributed by atoms with E-state index in [4.69, 9.17) is 4.74 Å². The zero-order chi connectivity index (χ0) is 21.1. The van der Waals surface area contributed by atoms with Crippen LogP contribution in [0.3, 0.4) is 0 Å². The maximum absolute atomic E-state index is 13.0. The van der Waals surface area contributed by atoms with Crippen molar-refractivity contribution in [2.45, 2.75) is 44.7 Å². The highest BCUT2D eigenvalue weighted by atomic mass is 16.5. The Morgan fingerprint density at radius 3 is 2.73 bits per heavy atom. The summed E-state index contributed by atoms with van der Waals surface area (Å²) < 4.78 is 7.34. The van der Waals surface area contributed by atoms with Crippen molar-refractivity contribution in [1.82, 2.24) is 14.7 Å². The molecule has 1 aromatic carbocycles. The molecule has 1 saturated heterocycles. The van der Waals surface area contributed by atoms with E-state index < -0.39 is 6.04 Å². The molecule has 0 bridgehead atoms. The largest absolute Gasteiger partial charge is 0.495 e. The van der Waals surface area contributed by atoms with Crippen molar-refractivity contribution >= 4 is 23.3 Å². The number of nitrogens with zero attached hydrogens (tertiary/aromatic N) is 4. The molecule has 2 fully saturated rings. The summed E-state index contributed by atoms with van der Waals surface area (Å²) in [5.74, 6) is 1.25. The Bertz CT molecular complexity index is 906. The molecule has 2 aliphatic rings. The summed E-state index contributed by atoms with van der Waals surface area (Å²) in [6.45, 7) is 3.14. The average Bonchev–Trinajstić information content (AvgIpc) is 3.43. The van der Waals surface area contributed by atoms with E-state index in [2.05, 4.69) is 10.4 Å². The van der Waals surface area contributed by atoms with Crippen LogP contribution in [0.4, 0.5) is 11.5 Å². The zero-order valence-electron chi connectivity index (χ0n) is 17.6. The number of amides is 2. The van der Waals surface area contributed by atoms with Crippen LogP contribution in [-0.2, 0) is 9.59 Å². The van der Waals surface area contributed by atoms with Crippen LogP contribution in [0.15, 0.2) is 36.5 Å². The van der Waals surface area contributed by atoms with Crippen LogP contribution in [0.5, 0.6) is 5.75 Å². The number of carbonyl (C=O) groups is 2. The first-order valence-corrected chi connectivity index (χ1v) is 10.6. The van der Waals surface area contributed by atoms with Crippen molar-refractivity contribution < 1.29 is 14.3 Å². The molecule has 160 valence electrons. The fourth-order valence-corrected chi connectivity index (χ4v) is 4.44. The van der Waals surface area contributed by atoms with Crippen LogP contribution in [0.1, 0.15) is 38.6 Å². The minimum absolute atomic E-state index is 0.0328. The molecule has 8 heteroatoms. The molecule has 4 rings (SSSR count). The molecule has 2 amide bonds. The molecule has 8 nitrogen and oxygen atoms in total. The first kappa shape index (κ1) is 20.4. The standard InChI is InChI=1S/C22H29N5O3/c1-16-22(29)26(18-9-5-6-10-19(18)30-2)14-13-25(16)15-21(28)24-20-11-12-23-27(20)17-7-3-4-8-17/h5-6,9-12,16-17H,3-4,7-8,13-15H2,1-2H3,(H,24,28). The van der Waals surface area contributed by atoms with Crippen molar-refractivity contribution in [3.63, 3.8) is 0 Å². The summed E-state index contributed by atoms with van der Waals surface area (Å²) in [5, 5.41) is 7.39. The normalized spacial score (nSPS) is 20.5. The molecular weight excluding hydrogens is 382 g/mol. The molecule has 0 spiro atoms. The minimum atomic E-state index is -0.394. The molecule has 1 aliphatic heterocycles. The van der Waals surface area contributed by atoms with E-state index in [1.54, 1.807) is 18.2 Å². The quantitative estimate of drug-likeness (QED) is 0.791. The molecule has 0 radical (unpaired) electrons. The molecule has 1 aliphatic carbocycles. The van der Waals surface area contributed by atoms with Crippen molar-refractivity contribution in [2.24, 2.45) is 0 Å². The molecule has 2 aromatic rings. The molecule has 2 heterocycles. The van der Waals surface area contributed by atoms with Crippen LogP contribution in [-0.4, -0.2) is 59.3 Å². The van der Waals surface area contributed by atoms with Gasteiger partial charge >= 0.3 is 0 Å². The number of nitrogens with one attached hydrogen (secondary N) is 1. The minimum Gasteiger partial charge on any atom is -0.495 e. The van der Waals surface area contributed by atoms with E-state index in [0.29, 0.717) is 24.9 Å². The maximum Gasteiger partial charge on any atom is 0.244 e. The number of piperazine rings is 1. The lowest BCUT2D eigenvalue weighted by molar-refractivity contribution is -0.127. The number of para-hydroxylation sites is 2. The van der Waals surface area contributed by atoms with Crippen molar-refractivity contribution in [3.05, 3.63) is 36.5 Å². The second-order valence-electron chi connectivity index (χ2n) is 7.96. The average molecular weight is 412 g/mol. The monoisotopic (exact) mass is 411 g/mol. The summed E-state index contributed by atoms with van der Waals surface area (Å²) in [7, 11) is 1.60. The van der Waals surface area contributed by atoms with Crippen LogP contribution < -0.4 is 15.0 Å². The molecule has 1 unspecified atom stereocenters. The lowest BCUT2D eigenvalue weighted by Crippen LogP contribution is -2.57. The van der Waals surface area contributed by atoms with E-state index in [1.165, 1.54) is 12.8 Å². The third kappa shape index (κ3) is 4.05. The van der Waals surface area contributed by atoms with Gasteiger partial charge in [-0.15, -0.1) is 0 Å². The number of rotatable bonds is 6. The number of hydrogen-bond acceptors (Lipinski definition) is 5. The fraction of sp³-hybridized carbons (Fsp3) is 0.500. The highest BCUT2D eigenvalue weighted by Gasteiger charge is 2.34. The van der Waals surface area contributed by atoms with Gasteiger partial charge < -0.3 is 15.0 Å². The molecule has 1 aromatic heterocycles. The van der Waals surface area contributed by atoms with E-state index in [-0.39, 0.29) is 18.4 Å². The molecule has 1 saturated carbocycles. The number of carbonyl (C=O) groups excluding carboxylic acids is 2. The number of anilines is 2. The van der Waals surface area contributed by atoms with Gasteiger partial charge in [0.1, 0.15) is 11.6 Å². The third-order valence-corrected chi connectivity index (χ3v) is 6.11. The van der Waals surface area contributed by atoms with Gasteiger partial charge in [-0.2, -0.15) is 5.10 Å². The Morgan fingerprint density at radius 1 is 1.20 bits per heavy atom. The Hall–Kier alpha value is -2.87. The number of hydrogen-bond donors (Lipinski definition) is 1. The van der Waals surface area contributed by atoms with Gasteiger partial charge in [-0.1, -0.05) is 25.0 Å². The van der Waals surface area contributed by atoms with Gasteiger partial charge in [0.15, 0.2) is 0 Å². The van der Waals surface area contributed by atoms with Gasteiger partial charge in [-0.25, -0.2) is 4.68 Å². The maximum atomic E-state index is 13.0. The Kier molecular flexibility index (Phi) is 6.03. The smallest absolute Gasteiger partial charge is 0.244 e. The van der Waals surface area contributed by atoms with E-state index in [0.717, 1.165) is 24.3 Å². The Morgan fingerprint density at radius 2 is 1.97 bits per heavy atom. The number of aromatic nitrogens is 2. The number of benzene rings is 1. The van der Waals surface area contributed by atoms with Gasteiger partial charge in [0.05, 0.1) is 37.6 Å². The van der Waals surface area contributed by atoms with Crippen molar-refractivity contribution in [1.29, 1.82) is 0 Å². The van der Waals surface area contributed by atoms with Gasteiger partial charge in [-0.05, 0) is 31.9 Å². The van der Waals surface area contributed by atoms with Gasteiger partial charge in [-0.3, -0.25) is 14.5 Å². The van der Waals surface area contributed by atoms with Crippen LogP contribution in [0, 0.1) is 0 Å². The number of methoxy groups -OCH3 is 1. The summed E-state index contributed by atoms with van der Waals surface area (Å²) in [6.07, 6.45) is 6.33. The Balaban J connectivity index is 1.39. The lowest BCUT2D eigenvalue weighted by Gasteiger charge is -2.39. The van der Waals surface area contributed by atoms with Gasteiger partial charge in [0.25, 0.3) is 0 Å². The third-order valence-electron chi connectivity index (χ3n) is 6.11. The zero-order valence-corrected chi connectivity index (χ0v) is 17.6. The number of ether oxygens (including phenoxy) is 1. The highest BCUT2D eigenvalue weighted by molar-refractivity contribution is 5.99. The van der Waals surface area contributed by atoms with Gasteiger partial charge in [0, 0.05) is 19.2 Å². The van der Waals surface area contributed by atoms with Crippen LogP contribution in [0.25, 0.3) is 0 Å². The second-order valence-corrected chi connectivity index (χ2v) is 7.96. The Labute approximate surface area is 176 Å². The summed E-state index contributed by atoms with van der Waals surface area (Å²) >= 11 is 0. The first-order chi connectivity index (χ1) is 14.6. The molecular formula is C22H29N5O3. The molecule has 1 N–H and O–H groups in total. The van der Waals surface area contributed by atoms with E-state index in [1.807, 2.05) is 46.8 Å². The fourth-order valence-electron chi connectivity index (χ4n) is 4.44. The molecule has 30 heavy (non-hydrogen) atoms. The second kappa shape index (κ2) is 8.87. The molecule has 1 atom stereocenters. The van der Waals surface area contributed by atoms with Crippen molar-refractivity contribution in [3.8, 4) is 5.75 Å². The highest BCUT2D eigenvalue weighted by Crippen LogP contribution is 2.32. The van der Waals surface area contributed by atoms with E-state index >= 15 is 0 Å². The summed E-state index contributed by atoms with van der Waals surface area (Å²) in [6, 6.07) is 9.31. The van der Waals surface area contributed by atoms with Gasteiger partial charge in [0.2, 0.25) is 11.8 Å². The van der Waals surface area contributed by atoms with Crippen LogP contribution in [0.2, 0.25) is 0 Å². The van der Waals surface area contributed by atoms with Crippen LogP contribution >= 0.6 is 0 Å². The predicted molar refractivity (Wildman–Crippen MR) is 115 cm³/mol. The van der Waals surface area contributed by atoms with E-state index in [9.17, 15) is 9.59 Å². The topological polar surface area (TPSA) is 79.7 Å². The first-order valence-electron chi connectivity index (χ1n) is 10.6. The predicted octanol–water partition coefficient (Wildman–Crippen LogP) is 2.68. The summed E-state index contributed by atoms with van der Waals surface area (Å²) in [4.78, 5) is 29.4. The lowest BCUT2D eigenvalue weighted by atomic mass is 10.1. The summed E-state index contributed by atoms with van der Waals surface area (Å²) in [5.41, 5.74) is 0.765.